The third kappa shape index (κ3) is 2.05. The summed E-state index contributed by atoms with van der Waals surface area (Å²) in [4.78, 5) is 0. The van der Waals surface area contributed by atoms with E-state index in [0.717, 1.165) is 24.2 Å². The first kappa shape index (κ1) is 8.27. The Bertz CT molecular complexity index is 210. The number of aryl methyl sites for hydroxylation is 3. The van der Waals surface area contributed by atoms with Gasteiger partial charge in [0, 0.05) is 19.3 Å². The molecule has 0 atom stereocenters. The molecule has 1 aromatic heterocycles. The summed E-state index contributed by atoms with van der Waals surface area (Å²) in [7, 11) is 1.93. The van der Waals surface area contributed by atoms with Gasteiger partial charge in [0.15, 0.2) is 0 Å². The van der Waals surface area contributed by atoms with Crippen molar-refractivity contribution in [3.63, 3.8) is 0 Å². The van der Waals surface area contributed by atoms with Gasteiger partial charge in [-0.3, -0.25) is 4.68 Å². The molecule has 1 rings (SSSR count). The van der Waals surface area contributed by atoms with Crippen LogP contribution in [0.25, 0.3) is 0 Å². The fraction of sp³-hybridized carbons (Fsp3) is 0.625. The van der Waals surface area contributed by atoms with Gasteiger partial charge in [0.1, 0.15) is 0 Å². The summed E-state index contributed by atoms with van der Waals surface area (Å²) in [6.07, 6.45) is 1.68. The Hall–Kier alpha value is -0.830. The number of rotatable bonds is 3. The van der Waals surface area contributed by atoms with Gasteiger partial charge in [-0.15, -0.1) is 0 Å². The number of aliphatic hydroxyl groups is 1. The average Bonchev–Trinajstić information content (AvgIpc) is 2.28. The van der Waals surface area contributed by atoms with Crippen LogP contribution in [0.15, 0.2) is 6.07 Å². The SMILES string of the molecule is Cc1cc(CCCO)nn1C. The number of aromatic nitrogens is 2. The van der Waals surface area contributed by atoms with Crippen LogP contribution in [0.4, 0.5) is 0 Å². The molecule has 0 saturated heterocycles. The van der Waals surface area contributed by atoms with Gasteiger partial charge in [-0.2, -0.15) is 5.10 Å². The molecule has 1 aromatic rings. The molecule has 0 radical (unpaired) electrons. The highest BCUT2D eigenvalue weighted by molar-refractivity contribution is 5.08. The monoisotopic (exact) mass is 154 g/mol. The maximum atomic E-state index is 8.57. The lowest BCUT2D eigenvalue weighted by Gasteiger charge is -1.91. The lowest BCUT2D eigenvalue weighted by atomic mass is 10.2. The normalized spacial score (nSPS) is 10.5. The van der Waals surface area contributed by atoms with E-state index in [1.807, 2.05) is 18.7 Å². The molecular weight excluding hydrogens is 140 g/mol. The van der Waals surface area contributed by atoms with Crippen LogP contribution in [-0.4, -0.2) is 21.5 Å². The molecule has 1 N–H and O–H groups in total. The van der Waals surface area contributed by atoms with E-state index in [0.29, 0.717) is 0 Å². The predicted molar refractivity (Wildman–Crippen MR) is 43.4 cm³/mol. The minimum absolute atomic E-state index is 0.246. The highest BCUT2D eigenvalue weighted by atomic mass is 16.2. The lowest BCUT2D eigenvalue weighted by Crippen LogP contribution is -1.94. The molecule has 0 unspecified atom stereocenters. The van der Waals surface area contributed by atoms with Crippen LogP contribution in [0.5, 0.6) is 0 Å². The Labute approximate surface area is 66.7 Å². The van der Waals surface area contributed by atoms with Crippen molar-refractivity contribution >= 4 is 0 Å². The third-order valence-electron chi connectivity index (χ3n) is 1.76. The Morgan fingerprint density at radius 1 is 1.64 bits per heavy atom. The summed E-state index contributed by atoms with van der Waals surface area (Å²) in [6.45, 7) is 2.27. The summed E-state index contributed by atoms with van der Waals surface area (Å²) >= 11 is 0. The predicted octanol–water partition coefficient (Wildman–Crippen LogP) is 0.653. The average molecular weight is 154 g/mol. The minimum Gasteiger partial charge on any atom is -0.396 e. The smallest absolute Gasteiger partial charge is 0.0628 e. The van der Waals surface area contributed by atoms with E-state index in [2.05, 4.69) is 11.2 Å². The van der Waals surface area contributed by atoms with Crippen LogP contribution in [0, 0.1) is 6.92 Å². The van der Waals surface area contributed by atoms with Crippen molar-refractivity contribution in [2.24, 2.45) is 7.05 Å². The molecular formula is C8H14N2O. The molecule has 3 heteroatoms. The highest BCUT2D eigenvalue weighted by Crippen LogP contribution is 2.03. The van der Waals surface area contributed by atoms with Gasteiger partial charge in [0.2, 0.25) is 0 Å². The van der Waals surface area contributed by atoms with Crippen LogP contribution < -0.4 is 0 Å². The second-order valence-corrected chi connectivity index (χ2v) is 2.73. The number of hydrogen-bond acceptors (Lipinski definition) is 2. The van der Waals surface area contributed by atoms with E-state index in [1.54, 1.807) is 0 Å². The quantitative estimate of drug-likeness (QED) is 0.694. The molecule has 0 aromatic carbocycles. The molecule has 62 valence electrons. The Kier molecular flexibility index (Phi) is 2.65. The number of hydrogen-bond donors (Lipinski definition) is 1. The molecule has 1 heterocycles. The van der Waals surface area contributed by atoms with E-state index in [1.165, 1.54) is 0 Å². The van der Waals surface area contributed by atoms with E-state index in [9.17, 15) is 0 Å². The first-order valence-corrected chi connectivity index (χ1v) is 3.84. The highest BCUT2D eigenvalue weighted by Gasteiger charge is 1.99. The van der Waals surface area contributed by atoms with Gasteiger partial charge in [-0.05, 0) is 25.8 Å². The van der Waals surface area contributed by atoms with Crippen molar-refractivity contribution < 1.29 is 5.11 Å². The van der Waals surface area contributed by atoms with Crippen LogP contribution in [-0.2, 0) is 13.5 Å². The van der Waals surface area contributed by atoms with Crippen molar-refractivity contribution in [2.45, 2.75) is 19.8 Å². The molecule has 0 amide bonds. The van der Waals surface area contributed by atoms with Gasteiger partial charge in [-0.25, -0.2) is 0 Å². The standard InChI is InChI=1S/C8H14N2O/c1-7-6-8(4-3-5-11)9-10(7)2/h6,11H,3-5H2,1-2H3. The van der Waals surface area contributed by atoms with E-state index in [-0.39, 0.29) is 6.61 Å². The Balaban J connectivity index is 2.58. The molecule has 0 fully saturated rings. The first-order chi connectivity index (χ1) is 5.24. The van der Waals surface area contributed by atoms with Gasteiger partial charge in [0.05, 0.1) is 5.69 Å². The first-order valence-electron chi connectivity index (χ1n) is 3.84. The number of nitrogens with zero attached hydrogens (tertiary/aromatic N) is 2. The van der Waals surface area contributed by atoms with Crippen LogP contribution in [0.1, 0.15) is 17.8 Å². The molecule has 3 nitrogen and oxygen atoms in total. The summed E-state index contributed by atoms with van der Waals surface area (Å²) in [5, 5.41) is 12.8. The van der Waals surface area contributed by atoms with Gasteiger partial charge < -0.3 is 5.11 Å². The zero-order chi connectivity index (χ0) is 8.27. The van der Waals surface area contributed by atoms with E-state index >= 15 is 0 Å². The maximum Gasteiger partial charge on any atom is 0.0628 e. The Morgan fingerprint density at radius 2 is 2.36 bits per heavy atom. The molecule has 0 bridgehead atoms. The van der Waals surface area contributed by atoms with Crippen molar-refractivity contribution in [3.05, 3.63) is 17.5 Å². The third-order valence-corrected chi connectivity index (χ3v) is 1.76. The van der Waals surface area contributed by atoms with Crippen molar-refractivity contribution in [1.29, 1.82) is 0 Å². The van der Waals surface area contributed by atoms with Crippen LogP contribution >= 0.6 is 0 Å². The zero-order valence-corrected chi connectivity index (χ0v) is 7.04. The second kappa shape index (κ2) is 3.53. The van der Waals surface area contributed by atoms with Gasteiger partial charge >= 0.3 is 0 Å². The van der Waals surface area contributed by atoms with Crippen LogP contribution in [0.2, 0.25) is 0 Å². The Morgan fingerprint density at radius 3 is 2.82 bits per heavy atom. The molecule has 11 heavy (non-hydrogen) atoms. The molecule has 0 aliphatic carbocycles. The summed E-state index contributed by atoms with van der Waals surface area (Å²) in [5.74, 6) is 0. The second-order valence-electron chi connectivity index (χ2n) is 2.73. The van der Waals surface area contributed by atoms with Crippen molar-refractivity contribution in [3.8, 4) is 0 Å². The molecule has 0 aliphatic rings. The van der Waals surface area contributed by atoms with Crippen molar-refractivity contribution in [1.82, 2.24) is 9.78 Å². The molecule has 0 saturated carbocycles. The fourth-order valence-electron chi connectivity index (χ4n) is 1.02. The summed E-state index contributed by atoms with van der Waals surface area (Å²) in [6, 6.07) is 2.05. The topological polar surface area (TPSA) is 38.1 Å². The summed E-state index contributed by atoms with van der Waals surface area (Å²) in [5.41, 5.74) is 2.23. The minimum atomic E-state index is 0.246. The molecule has 0 spiro atoms. The lowest BCUT2D eigenvalue weighted by molar-refractivity contribution is 0.288. The largest absolute Gasteiger partial charge is 0.396 e. The molecule has 0 aliphatic heterocycles. The summed E-state index contributed by atoms with van der Waals surface area (Å²) < 4.78 is 1.85. The van der Waals surface area contributed by atoms with Crippen molar-refractivity contribution in [2.75, 3.05) is 6.61 Å². The van der Waals surface area contributed by atoms with Crippen LogP contribution in [0.3, 0.4) is 0 Å². The fourth-order valence-corrected chi connectivity index (χ4v) is 1.02. The van der Waals surface area contributed by atoms with Gasteiger partial charge in [-0.1, -0.05) is 0 Å². The maximum absolute atomic E-state index is 8.57. The van der Waals surface area contributed by atoms with E-state index in [4.69, 9.17) is 5.11 Å². The number of aliphatic hydroxyl groups excluding tert-OH is 1. The van der Waals surface area contributed by atoms with E-state index < -0.39 is 0 Å². The van der Waals surface area contributed by atoms with Gasteiger partial charge in [0.25, 0.3) is 0 Å². The zero-order valence-electron chi connectivity index (χ0n) is 7.04.